The molecule has 0 radical (unpaired) electrons. The van der Waals surface area contributed by atoms with Crippen molar-refractivity contribution in [2.24, 2.45) is 0 Å². The zero-order valence-corrected chi connectivity index (χ0v) is 15.5. The molecule has 0 fully saturated rings. The van der Waals surface area contributed by atoms with E-state index < -0.39 is 0 Å². The normalized spacial score (nSPS) is 13.6. The molecule has 1 aliphatic heterocycles. The first-order valence-corrected chi connectivity index (χ1v) is 10.0. The SMILES string of the molecule is c1ccc2c(c1)Sc1ccccc1C2=C1c2ccccc2-c2ccccc21. The van der Waals surface area contributed by atoms with Crippen LogP contribution in [0.4, 0.5) is 0 Å². The Morgan fingerprint density at radius 2 is 0.667 bits per heavy atom. The summed E-state index contributed by atoms with van der Waals surface area (Å²) in [6, 6.07) is 35.2. The highest BCUT2D eigenvalue weighted by Gasteiger charge is 2.30. The molecule has 0 aromatic heterocycles. The lowest BCUT2D eigenvalue weighted by atomic mass is 9.88. The van der Waals surface area contributed by atoms with Crippen molar-refractivity contribution in [2.75, 3.05) is 0 Å². The average molecular weight is 360 g/mol. The second-order valence-electron chi connectivity index (χ2n) is 6.94. The molecular formula is C26H16S. The first kappa shape index (κ1) is 15.1. The summed E-state index contributed by atoms with van der Waals surface area (Å²) in [5, 5.41) is 0. The number of fused-ring (bicyclic) bond motifs is 5. The van der Waals surface area contributed by atoms with E-state index in [-0.39, 0.29) is 0 Å². The van der Waals surface area contributed by atoms with Crippen molar-refractivity contribution in [3.05, 3.63) is 119 Å². The van der Waals surface area contributed by atoms with E-state index in [0.717, 1.165) is 0 Å². The molecule has 2 aliphatic rings. The highest BCUT2D eigenvalue weighted by atomic mass is 32.2. The minimum Gasteiger partial charge on any atom is -0.0888 e. The molecule has 126 valence electrons. The molecule has 1 heterocycles. The Balaban J connectivity index is 1.81. The van der Waals surface area contributed by atoms with Crippen LogP contribution in [0, 0.1) is 0 Å². The van der Waals surface area contributed by atoms with Gasteiger partial charge in [-0.25, -0.2) is 0 Å². The van der Waals surface area contributed by atoms with Crippen LogP contribution >= 0.6 is 11.8 Å². The zero-order chi connectivity index (χ0) is 17.8. The predicted octanol–water partition coefficient (Wildman–Crippen LogP) is 7.14. The van der Waals surface area contributed by atoms with Gasteiger partial charge in [-0.05, 0) is 56.7 Å². The van der Waals surface area contributed by atoms with Gasteiger partial charge in [0.1, 0.15) is 0 Å². The van der Waals surface area contributed by atoms with E-state index in [4.69, 9.17) is 0 Å². The molecule has 27 heavy (non-hydrogen) atoms. The fraction of sp³-hybridized carbons (Fsp3) is 0. The van der Waals surface area contributed by atoms with Crippen molar-refractivity contribution in [1.29, 1.82) is 0 Å². The van der Waals surface area contributed by atoms with E-state index in [0.29, 0.717) is 0 Å². The maximum absolute atomic E-state index is 2.27. The minimum atomic E-state index is 1.33. The summed E-state index contributed by atoms with van der Waals surface area (Å²) in [5.74, 6) is 0. The quantitative estimate of drug-likeness (QED) is 0.277. The molecule has 1 aliphatic carbocycles. The van der Waals surface area contributed by atoms with Gasteiger partial charge in [0.05, 0.1) is 0 Å². The Morgan fingerprint density at radius 1 is 0.333 bits per heavy atom. The van der Waals surface area contributed by atoms with Crippen LogP contribution in [0.1, 0.15) is 22.3 Å². The third kappa shape index (κ3) is 2.12. The molecule has 1 heteroatoms. The lowest BCUT2D eigenvalue weighted by Gasteiger charge is -2.24. The average Bonchev–Trinajstić information content (AvgIpc) is 3.06. The summed E-state index contributed by atoms with van der Waals surface area (Å²) < 4.78 is 0. The van der Waals surface area contributed by atoms with E-state index in [2.05, 4.69) is 97.1 Å². The molecule has 0 saturated heterocycles. The molecule has 0 spiro atoms. The van der Waals surface area contributed by atoms with Gasteiger partial charge in [-0.15, -0.1) is 0 Å². The van der Waals surface area contributed by atoms with Crippen LogP contribution in [0.25, 0.3) is 22.3 Å². The highest BCUT2D eigenvalue weighted by Crippen LogP contribution is 2.53. The maximum Gasteiger partial charge on any atom is 0.0201 e. The highest BCUT2D eigenvalue weighted by molar-refractivity contribution is 7.99. The van der Waals surface area contributed by atoms with Crippen molar-refractivity contribution in [1.82, 2.24) is 0 Å². The molecule has 0 saturated carbocycles. The second-order valence-corrected chi connectivity index (χ2v) is 8.02. The standard InChI is InChI=1S/C26H16S/c1-3-11-19-17(9-1)18-10-2-4-12-20(18)25(19)26-21-13-5-7-15-23(21)27-24-16-8-6-14-22(24)26/h1-16H. The third-order valence-electron chi connectivity index (χ3n) is 5.47. The summed E-state index contributed by atoms with van der Waals surface area (Å²) in [5.41, 5.74) is 10.7. The molecular weight excluding hydrogens is 344 g/mol. The van der Waals surface area contributed by atoms with Crippen molar-refractivity contribution in [2.45, 2.75) is 9.79 Å². The molecule has 0 atom stereocenters. The van der Waals surface area contributed by atoms with E-state index in [9.17, 15) is 0 Å². The number of benzene rings is 4. The van der Waals surface area contributed by atoms with Crippen LogP contribution in [-0.2, 0) is 0 Å². The third-order valence-corrected chi connectivity index (χ3v) is 6.62. The summed E-state index contributed by atoms with van der Waals surface area (Å²) in [6.07, 6.45) is 0. The number of hydrogen-bond donors (Lipinski definition) is 0. The Morgan fingerprint density at radius 3 is 1.15 bits per heavy atom. The van der Waals surface area contributed by atoms with Gasteiger partial charge in [-0.2, -0.15) is 0 Å². The summed E-state index contributed by atoms with van der Waals surface area (Å²) in [4.78, 5) is 2.67. The smallest absolute Gasteiger partial charge is 0.0201 e. The summed E-state index contributed by atoms with van der Waals surface area (Å²) in [7, 11) is 0. The number of rotatable bonds is 0. The molecule has 0 N–H and O–H groups in total. The molecule has 4 aromatic rings. The van der Waals surface area contributed by atoms with Gasteiger partial charge in [0, 0.05) is 9.79 Å². The van der Waals surface area contributed by atoms with Gasteiger partial charge in [0.15, 0.2) is 0 Å². The van der Waals surface area contributed by atoms with Crippen molar-refractivity contribution in [3.8, 4) is 11.1 Å². The molecule has 0 nitrogen and oxygen atoms in total. The van der Waals surface area contributed by atoms with Crippen LogP contribution in [0.3, 0.4) is 0 Å². The Hall–Kier alpha value is -3.03. The van der Waals surface area contributed by atoms with Crippen molar-refractivity contribution >= 4 is 22.9 Å². The second kappa shape index (κ2) is 5.73. The Labute approximate surface area is 163 Å². The summed E-state index contributed by atoms with van der Waals surface area (Å²) >= 11 is 1.87. The van der Waals surface area contributed by atoms with Gasteiger partial charge >= 0.3 is 0 Å². The van der Waals surface area contributed by atoms with E-state index in [1.165, 1.54) is 54.3 Å². The van der Waals surface area contributed by atoms with Crippen LogP contribution in [-0.4, -0.2) is 0 Å². The van der Waals surface area contributed by atoms with Crippen molar-refractivity contribution in [3.63, 3.8) is 0 Å². The maximum atomic E-state index is 2.27. The first-order chi connectivity index (χ1) is 13.4. The van der Waals surface area contributed by atoms with Crippen molar-refractivity contribution < 1.29 is 0 Å². The fourth-order valence-corrected chi connectivity index (χ4v) is 5.43. The molecule has 4 aromatic carbocycles. The largest absolute Gasteiger partial charge is 0.0888 e. The fourth-order valence-electron chi connectivity index (χ4n) is 4.34. The Bertz CT molecular complexity index is 1150. The molecule has 6 rings (SSSR count). The molecule has 0 amide bonds. The van der Waals surface area contributed by atoms with E-state index in [1.807, 2.05) is 11.8 Å². The van der Waals surface area contributed by atoms with E-state index >= 15 is 0 Å². The van der Waals surface area contributed by atoms with Crippen LogP contribution in [0.5, 0.6) is 0 Å². The lowest BCUT2D eigenvalue weighted by molar-refractivity contribution is 1.29. The van der Waals surface area contributed by atoms with Crippen LogP contribution in [0.2, 0.25) is 0 Å². The van der Waals surface area contributed by atoms with Gasteiger partial charge in [-0.1, -0.05) is 96.7 Å². The zero-order valence-electron chi connectivity index (χ0n) is 14.6. The minimum absolute atomic E-state index is 1.33. The monoisotopic (exact) mass is 360 g/mol. The molecule has 0 unspecified atom stereocenters. The van der Waals surface area contributed by atoms with Crippen LogP contribution < -0.4 is 0 Å². The van der Waals surface area contributed by atoms with Crippen LogP contribution in [0.15, 0.2) is 107 Å². The lowest BCUT2D eigenvalue weighted by Crippen LogP contribution is -2.02. The molecule has 0 bridgehead atoms. The Kier molecular flexibility index (Phi) is 3.20. The van der Waals surface area contributed by atoms with Gasteiger partial charge in [0.25, 0.3) is 0 Å². The van der Waals surface area contributed by atoms with Gasteiger partial charge in [-0.3, -0.25) is 0 Å². The van der Waals surface area contributed by atoms with E-state index in [1.54, 1.807) is 0 Å². The first-order valence-electron chi connectivity index (χ1n) is 9.22. The number of hydrogen-bond acceptors (Lipinski definition) is 1. The topological polar surface area (TPSA) is 0 Å². The summed E-state index contributed by atoms with van der Waals surface area (Å²) in [6.45, 7) is 0. The van der Waals surface area contributed by atoms with Gasteiger partial charge in [0.2, 0.25) is 0 Å². The van der Waals surface area contributed by atoms with Gasteiger partial charge < -0.3 is 0 Å². The predicted molar refractivity (Wildman–Crippen MR) is 114 cm³/mol.